The highest BCUT2D eigenvalue weighted by Gasteiger charge is 2.66. The molecule has 6 nitrogen and oxygen atoms in total. The fraction of sp³-hybridized carbons (Fsp3) is 0.458. The van der Waals surface area contributed by atoms with E-state index in [9.17, 15) is 27.2 Å². The van der Waals surface area contributed by atoms with Crippen LogP contribution in [-0.4, -0.2) is 40.7 Å². The number of alkyl halides is 3. The zero-order valence-electron chi connectivity index (χ0n) is 19.5. The normalized spacial score (nSPS) is 24.9. The number of primary amides is 1. The molecular weight excluding hydrogens is 454 g/mol. The standard InChI is InChI=1S/C24H27F4N3O3/c1-12(2)31(16-8-9-30-18(11-16)21(29)32)22(33)20-19(17-7-6-15(25)10-13(17)3)14(4)23(5,34-20)24(26,27)28/h6-12,14,19-20H,1-5H3,(H2,29,32)/t14-,19-,20+,23+/m0/s1. The lowest BCUT2D eigenvalue weighted by atomic mass is 9.76. The first kappa shape index (κ1) is 25.6. The van der Waals surface area contributed by atoms with Gasteiger partial charge in [0.05, 0.1) is 0 Å². The second-order valence-electron chi connectivity index (χ2n) is 9.02. The molecule has 1 aromatic carbocycles. The van der Waals surface area contributed by atoms with Crippen molar-refractivity contribution in [2.24, 2.45) is 11.7 Å². The van der Waals surface area contributed by atoms with E-state index in [1.165, 1.54) is 42.3 Å². The van der Waals surface area contributed by atoms with Crippen LogP contribution in [0.5, 0.6) is 0 Å². The zero-order chi connectivity index (χ0) is 25.6. The average molecular weight is 481 g/mol. The summed E-state index contributed by atoms with van der Waals surface area (Å²) in [6.45, 7) is 7.25. The van der Waals surface area contributed by atoms with Gasteiger partial charge in [0.1, 0.15) is 17.6 Å². The van der Waals surface area contributed by atoms with Crippen LogP contribution in [0.3, 0.4) is 0 Å². The Morgan fingerprint density at radius 2 is 1.85 bits per heavy atom. The summed E-state index contributed by atoms with van der Waals surface area (Å²) in [5, 5.41) is 0. The van der Waals surface area contributed by atoms with Crippen LogP contribution in [0.2, 0.25) is 0 Å². The quantitative estimate of drug-likeness (QED) is 0.637. The van der Waals surface area contributed by atoms with E-state index in [1.54, 1.807) is 20.8 Å². The summed E-state index contributed by atoms with van der Waals surface area (Å²) in [7, 11) is 0. The summed E-state index contributed by atoms with van der Waals surface area (Å²) in [6.07, 6.45) is -4.98. The summed E-state index contributed by atoms with van der Waals surface area (Å²) in [4.78, 5) is 30.5. The lowest BCUT2D eigenvalue weighted by Gasteiger charge is -2.32. The summed E-state index contributed by atoms with van der Waals surface area (Å²) in [6, 6.07) is 6.04. The predicted molar refractivity (Wildman–Crippen MR) is 118 cm³/mol. The number of hydrogen-bond acceptors (Lipinski definition) is 4. The van der Waals surface area contributed by atoms with E-state index in [0.29, 0.717) is 11.1 Å². The Balaban J connectivity index is 2.15. The largest absolute Gasteiger partial charge is 0.417 e. The molecule has 1 saturated heterocycles. The minimum atomic E-state index is -4.76. The molecule has 0 radical (unpaired) electrons. The number of carbonyl (C=O) groups excluding carboxylic acids is 2. The van der Waals surface area contributed by atoms with Crippen LogP contribution in [0.1, 0.15) is 55.2 Å². The van der Waals surface area contributed by atoms with E-state index in [2.05, 4.69) is 4.98 Å². The van der Waals surface area contributed by atoms with Crippen molar-refractivity contribution >= 4 is 17.5 Å². The highest BCUT2D eigenvalue weighted by molar-refractivity contribution is 5.99. The van der Waals surface area contributed by atoms with Crippen molar-refractivity contribution in [3.8, 4) is 0 Å². The molecular formula is C24H27F4N3O3. The van der Waals surface area contributed by atoms with Crippen molar-refractivity contribution in [1.82, 2.24) is 4.98 Å². The summed E-state index contributed by atoms with van der Waals surface area (Å²) in [5.74, 6) is -4.22. The second kappa shape index (κ2) is 8.98. The molecule has 0 unspecified atom stereocenters. The number of aryl methyl sites for hydroxylation is 1. The first-order chi connectivity index (χ1) is 15.7. The predicted octanol–water partition coefficient (Wildman–Crippen LogP) is 4.51. The Morgan fingerprint density at radius 3 is 2.38 bits per heavy atom. The molecule has 1 aliphatic heterocycles. The molecule has 2 amide bonds. The van der Waals surface area contributed by atoms with Crippen molar-refractivity contribution in [2.45, 2.75) is 64.5 Å². The van der Waals surface area contributed by atoms with Crippen LogP contribution in [0.4, 0.5) is 23.2 Å². The van der Waals surface area contributed by atoms with Crippen molar-refractivity contribution in [2.75, 3.05) is 4.90 Å². The van der Waals surface area contributed by atoms with Crippen molar-refractivity contribution in [1.29, 1.82) is 0 Å². The number of pyridine rings is 1. The number of anilines is 1. The molecule has 0 spiro atoms. The lowest BCUT2D eigenvalue weighted by molar-refractivity contribution is -0.272. The summed E-state index contributed by atoms with van der Waals surface area (Å²) < 4.78 is 61.7. The van der Waals surface area contributed by atoms with Gasteiger partial charge in [0.2, 0.25) is 0 Å². The van der Waals surface area contributed by atoms with Crippen molar-refractivity contribution < 1.29 is 31.9 Å². The number of carbonyl (C=O) groups is 2. The number of aromatic nitrogens is 1. The van der Waals surface area contributed by atoms with E-state index in [4.69, 9.17) is 10.5 Å². The van der Waals surface area contributed by atoms with Crippen molar-refractivity contribution in [3.05, 3.63) is 59.2 Å². The van der Waals surface area contributed by atoms with Gasteiger partial charge in [0, 0.05) is 29.8 Å². The van der Waals surface area contributed by atoms with Gasteiger partial charge in [-0.3, -0.25) is 14.6 Å². The van der Waals surface area contributed by atoms with E-state index in [-0.39, 0.29) is 11.4 Å². The van der Waals surface area contributed by atoms with Crippen LogP contribution in [0.15, 0.2) is 36.5 Å². The number of ether oxygens (including phenoxy) is 1. The molecule has 3 rings (SSSR count). The zero-order valence-corrected chi connectivity index (χ0v) is 19.5. The Kier molecular flexibility index (Phi) is 6.76. The smallest absolute Gasteiger partial charge is 0.364 e. The van der Waals surface area contributed by atoms with Gasteiger partial charge in [0.15, 0.2) is 5.60 Å². The molecule has 184 valence electrons. The SMILES string of the molecule is Cc1cc(F)ccc1[C@H]1[C@H](C(=O)N(c2ccnc(C(N)=O)c2)C(C)C)O[C@@](C)(C(F)(F)F)[C@H]1C. The Hall–Kier alpha value is -3.01. The monoisotopic (exact) mass is 481 g/mol. The van der Waals surface area contributed by atoms with Crippen LogP contribution in [-0.2, 0) is 9.53 Å². The van der Waals surface area contributed by atoms with Gasteiger partial charge >= 0.3 is 6.18 Å². The van der Waals surface area contributed by atoms with Gasteiger partial charge in [-0.05, 0) is 63.1 Å². The number of halogens is 4. The number of rotatable bonds is 5. The molecule has 2 N–H and O–H groups in total. The molecule has 1 fully saturated rings. The van der Waals surface area contributed by atoms with Gasteiger partial charge < -0.3 is 15.4 Å². The Morgan fingerprint density at radius 1 is 1.21 bits per heavy atom. The fourth-order valence-corrected chi connectivity index (χ4v) is 4.54. The molecule has 1 aromatic heterocycles. The van der Waals surface area contributed by atoms with E-state index >= 15 is 0 Å². The van der Waals surface area contributed by atoms with E-state index < -0.39 is 53.4 Å². The third-order valence-electron chi connectivity index (χ3n) is 6.53. The lowest BCUT2D eigenvalue weighted by Crippen LogP contribution is -2.49. The number of nitrogens with zero attached hydrogens (tertiary/aromatic N) is 2. The first-order valence-electron chi connectivity index (χ1n) is 10.8. The topological polar surface area (TPSA) is 85.5 Å². The van der Waals surface area contributed by atoms with Crippen molar-refractivity contribution in [3.63, 3.8) is 0 Å². The average Bonchev–Trinajstić information content (AvgIpc) is 3.00. The fourth-order valence-electron chi connectivity index (χ4n) is 4.54. The highest BCUT2D eigenvalue weighted by Crippen LogP contribution is 2.54. The maximum Gasteiger partial charge on any atom is 0.417 e. The highest BCUT2D eigenvalue weighted by atomic mass is 19.4. The van der Waals surface area contributed by atoms with Crippen LogP contribution < -0.4 is 10.6 Å². The summed E-state index contributed by atoms with van der Waals surface area (Å²) in [5.41, 5.74) is 3.66. The van der Waals surface area contributed by atoms with E-state index in [1.807, 2.05) is 0 Å². The molecule has 2 aromatic rings. The number of benzene rings is 1. The molecule has 1 aliphatic rings. The minimum Gasteiger partial charge on any atom is -0.364 e. The minimum absolute atomic E-state index is 0.0947. The third-order valence-corrected chi connectivity index (χ3v) is 6.53. The second-order valence-corrected chi connectivity index (χ2v) is 9.02. The molecule has 0 saturated carbocycles. The number of nitrogens with two attached hydrogens (primary N) is 1. The van der Waals surface area contributed by atoms with Crippen LogP contribution >= 0.6 is 0 Å². The number of amides is 2. The molecule has 34 heavy (non-hydrogen) atoms. The number of hydrogen-bond donors (Lipinski definition) is 1. The van der Waals surface area contributed by atoms with Gasteiger partial charge in [-0.25, -0.2) is 4.39 Å². The van der Waals surface area contributed by atoms with Crippen LogP contribution in [0.25, 0.3) is 0 Å². The molecule has 10 heteroatoms. The Labute approximate surface area is 195 Å². The Bertz CT molecular complexity index is 1110. The maximum absolute atomic E-state index is 14.1. The van der Waals surface area contributed by atoms with Gasteiger partial charge in [-0.15, -0.1) is 0 Å². The molecule has 4 atom stereocenters. The van der Waals surface area contributed by atoms with Gasteiger partial charge in [-0.1, -0.05) is 13.0 Å². The van der Waals surface area contributed by atoms with Gasteiger partial charge in [0.25, 0.3) is 11.8 Å². The van der Waals surface area contributed by atoms with Crippen LogP contribution in [0, 0.1) is 18.7 Å². The van der Waals surface area contributed by atoms with Gasteiger partial charge in [-0.2, -0.15) is 13.2 Å². The summed E-state index contributed by atoms with van der Waals surface area (Å²) >= 11 is 0. The maximum atomic E-state index is 14.1. The third kappa shape index (κ3) is 4.38. The molecule has 0 aliphatic carbocycles. The first-order valence-corrected chi connectivity index (χ1v) is 10.8. The van der Waals surface area contributed by atoms with E-state index in [0.717, 1.165) is 13.0 Å². The molecule has 2 heterocycles. The molecule has 0 bridgehead atoms.